The van der Waals surface area contributed by atoms with Gasteiger partial charge >= 0.3 is 5.97 Å². The number of ether oxygens (including phenoxy) is 2. The van der Waals surface area contributed by atoms with Gasteiger partial charge in [-0.1, -0.05) is 149 Å². The highest BCUT2D eigenvalue weighted by Gasteiger charge is 2.20. The quantitative estimate of drug-likeness (QED) is 0.0199. The lowest BCUT2D eigenvalue weighted by molar-refractivity contribution is -0.870. The van der Waals surface area contributed by atoms with Crippen LogP contribution in [0.2, 0.25) is 0 Å². The third-order valence-electron chi connectivity index (χ3n) is 8.82. The van der Waals surface area contributed by atoms with E-state index in [2.05, 4.69) is 123 Å². The zero-order valence-corrected chi connectivity index (χ0v) is 38.8. The second kappa shape index (κ2) is 41.9. The molecule has 59 heavy (non-hydrogen) atoms. The Labute approximate surface area is 361 Å². The summed E-state index contributed by atoms with van der Waals surface area (Å²) in [4.78, 5) is 25.1. The topological polar surface area (TPSA) is 94.1 Å². The maximum Gasteiger partial charge on any atom is 0.306 e. The molecule has 2 atom stereocenters. The van der Waals surface area contributed by atoms with Gasteiger partial charge in [-0.15, -0.1) is 0 Å². The molecule has 9 heteroatoms. The van der Waals surface area contributed by atoms with Gasteiger partial charge in [0.15, 0.2) is 0 Å². The van der Waals surface area contributed by atoms with E-state index in [-0.39, 0.29) is 32.2 Å². The number of phosphoric ester groups is 1. The summed E-state index contributed by atoms with van der Waals surface area (Å²) >= 11 is 0. The Morgan fingerprint density at radius 3 is 1.37 bits per heavy atom. The minimum atomic E-state index is -4.55. The molecule has 0 amide bonds. The number of unbranched alkanes of at least 4 members (excludes halogenated alkanes) is 8. The number of nitrogens with zero attached hydrogens (tertiary/aromatic N) is 1. The summed E-state index contributed by atoms with van der Waals surface area (Å²) in [6.07, 6.45) is 58.2. The van der Waals surface area contributed by atoms with Gasteiger partial charge in [-0.3, -0.25) is 9.36 Å². The SMILES string of the molecule is CC/C=C\C/C=C\C/C=C\C/C=C\C/C=C\C/C=C\CCCCCCC(=O)OC(COCCCCCC/C=C\C/C=C\C/C=C\CC)COP(=O)([O-])OCC[N+](C)(C)C. The van der Waals surface area contributed by atoms with Crippen molar-refractivity contribution in [1.82, 2.24) is 0 Å². The molecule has 0 heterocycles. The molecule has 0 aliphatic heterocycles. The molecule has 0 saturated carbocycles. The number of rotatable bonds is 40. The summed E-state index contributed by atoms with van der Waals surface area (Å²) in [6.45, 7) is 5.05. The summed E-state index contributed by atoms with van der Waals surface area (Å²) in [5.41, 5.74) is 0. The van der Waals surface area contributed by atoms with Gasteiger partial charge in [-0.2, -0.15) is 0 Å². The summed E-state index contributed by atoms with van der Waals surface area (Å²) in [5, 5.41) is 0. The number of hydrogen-bond donors (Lipinski definition) is 0. The van der Waals surface area contributed by atoms with Crippen LogP contribution in [0.4, 0.5) is 0 Å². The van der Waals surface area contributed by atoms with Crippen LogP contribution in [0.15, 0.2) is 109 Å². The maximum atomic E-state index is 12.7. The van der Waals surface area contributed by atoms with Crippen LogP contribution in [-0.4, -0.2) is 70.7 Å². The number of hydrogen-bond acceptors (Lipinski definition) is 7. The number of esters is 1. The number of carbonyl (C=O) groups is 1. The molecule has 0 saturated heterocycles. The van der Waals surface area contributed by atoms with E-state index in [9.17, 15) is 14.3 Å². The van der Waals surface area contributed by atoms with Gasteiger partial charge in [0.25, 0.3) is 7.82 Å². The summed E-state index contributed by atoms with van der Waals surface area (Å²) in [5.74, 6) is -0.372. The van der Waals surface area contributed by atoms with Gasteiger partial charge in [0, 0.05) is 13.0 Å². The zero-order valence-electron chi connectivity index (χ0n) is 37.9. The molecule has 0 aromatic rings. The smallest absolute Gasteiger partial charge is 0.306 e. The molecule has 0 N–H and O–H groups in total. The normalized spacial score (nSPS) is 14.7. The van der Waals surface area contributed by atoms with Crippen LogP contribution in [0.5, 0.6) is 0 Å². The van der Waals surface area contributed by atoms with Crippen molar-refractivity contribution in [3.8, 4) is 0 Å². The Hall–Kier alpha value is -2.84. The van der Waals surface area contributed by atoms with Crippen LogP contribution < -0.4 is 4.89 Å². The van der Waals surface area contributed by atoms with Gasteiger partial charge in [0.2, 0.25) is 0 Å². The van der Waals surface area contributed by atoms with Crippen molar-refractivity contribution in [3.63, 3.8) is 0 Å². The average molecular weight is 842 g/mol. The summed E-state index contributed by atoms with van der Waals surface area (Å²) in [7, 11) is 1.30. The summed E-state index contributed by atoms with van der Waals surface area (Å²) in [6, 6.07) is 0. The fraction of sp³-hybridized carbons (Fsp3) is 0.620. The zero-order chi connectivity index (χ0) is 43.4. The molecule has 0 aliphatic rings. The first-order chi connectivity index (χ1) is 28.6. The molecule has 0 rings (SSSR count). The minimum absolute atomic E-state index is 0.00903. The lowest BCUT2D eigenvalue weighted by Gasteiger charge is -2.28. The van der Waals surface area contributed by atoms with E-state index in [1.54, 1.807) is 0 Å². The van der Waals surface area contributed by atoms with E-state index in [0.717, 1.165) is 116 Å². The Morgan fingerprint density at radius 2 is 0.932 bits per heavy atom. The molecule has 0 bridgehead atoms. The summed E-state index contributed by atoms with van der Waals surface area (Å²) < 4.78 is 34.5. The number of allylic oxidation sites excluding steroid dienone is 18. The first-order valence-electron chi connectivity index (χ1n) is 22.6. The van der Waals surface area contributed by atoms with Crippen LogP contribution in [0.3, 0.4) is 0 Å². The van der Waals surface area contributed by atoms with E-state index in [1.165, 1.54) is 0 Å². The van der Waals surface area contributed by atoms with Gasteiger partial charge in [0.1, 0.15) is 19.3 Å². The first kappa shape index (κ1) is 56.2. The highest BCUT2D eigenvalue weighted by molar-refractivity contribution is 7.45. The molecule has 0 radical (unpaired) electrons. The molecule has 0 aliphatic carbocycles. The van der Waals surface area contributed by atoms with Gasteiger partial charge < -0.3 is 27.9 Å². The molecular weight excluding hydrogens is 758 g/mol. The van der Waals surface area contributed by atoms with Crippen LogP contribution in [0, 0.1) is 0 Å². The minimum Gasteiger partial charge on any atom is -0.756 e. The van der Waals surface area contributed by atoms with Crippen LogP contribution in [0.1, 0.15) is 142 Å². The molecule has 0 aromatic heterocycles. The molecule has 0 spiro atoms. The van der Waals surface area contributed by atoms with Crippen molar-refractivity contribution in [2.75, 3.05) is 54.1 Å². The Morgan fingerprint density at radius 1 is 0.525 bits per heavy atom. The van der Waals surface area contributed by atoms with Crippen molar-refractivity contribution < 1.29 is 37.3 Å². The van der Waals surface area contributed by atoms with Gasteiger partial charge in [-0.25, -0.2) is 0 Å². The van der Waals surface area contributed by atoms with Crippen LogP contribution in [0.25, 0.3) is 0 Å². The Bertz CT molecular complexity index is 1300. The number of carbonyl (C=O) groups excluding carboxylic acids is 1. The standard InChI is InChI=1S/C50H84NO7P/c1-6-8-10-12-14-16-18-20-22-23-24-25-26-27-28-29-30-31-33-35-37-39-41-43-50(52)58-49(48-57-59(53,54)56-46-44-51(3,4)5)47-55-45-42-40-38-36-34-32-21-19-17-15-13-11-9-7-2/h8-11,14-17,20-22,24-25,27-28,30-32,49H,6-7,12-13,18-19,23,26,29,33-48H2,1-5H3/b10-8-,11-9-,16-14-,17-15-,22-20-,25-24-,28-27-,31-30-,32-21-. The lowest BCUT2D eigenvalue weighted by atomic mass is 10.1. The Balaban J connectivity index is 4.33. The first-order valence-corrected chi connectivity index (χ1v) is 24.1. The van der Waals surface area contributed by atoms with Crippen molar-refractivity contribution >= 4 is 13.8 Å². The number of likely N-dealkylation sites (N-methyl/N-ethyl adjacent to an activating group) is 1. The maximum absolute atomic E-state index is 12.7. The second-order valence-corrected chi connectivity index (χ2v) is 17.1. The fourth-order valence-electron chi connectivity index (χ4n) is 5.39. The number of phosphoric acid groups is 1. The predicted molar refractivity (Wildman–Crippen MR) is 249 cm³/mol. The van der Waals surface area contributed by atoms with Crippen molar-refractivity contribution in [2.45, 2.75) is 148 Å². The molecule has 0 fully saturated rings. The molecule has 2 unspecified atom stereocenters. The van der Waals surface area contributed by atoms with Gasteiger partial charge in [-0.05, 0) is 96.3 Å². The number of quaternary nitrogens is 1. The highest BCUT2D eigenvalue weighted by atomic mass is 31.2. The van der Waals surface area contributed by atoms with Crippen LogP contribution >= 0.6 is 7.82 Å². The van der Waals surface area contributed by atoms with Crippen molar-refractivity contribution in [3.05, 3.63) is 109 Å². The predicted octanol–water partition coefficient (Wildman–Crippen LogP) is 13.0. The largest absolute Gasteiger partial charge is 0.756 e. The highest BCUT2D eigenvalue weighted by Crippen LogP contribution is 2.38. The monoisotopic (exact) mass is 842 g/mol. The average Bonchev–Trinajstić information content (AvgIpc) is 3.19. The van der Waals surface area contributed by atoms with Crippen molar-refractivity contribution in [1.29, 1.82) is 0 Å². The van der Waals surface area contributed by atoms with E-state index < -0.39 is 13.9 Å². The van der Waals surface area contributed by atoms with E-state index >= 15 is 0 Å². The molecule has 0 aromatic carbocycles. The third-order valence-corrected chi connectivity index (χ3v) is 9.78. The molecule has 336 valence electrons. The lowest BCUT2D eigenvalue weighted by Crippen LogP contribution is -2.37. The van der Waals surface area contributed by atoms with E-state index in [0.29, 0.717) is 24.1 Å². The second-order valence-electron chi connectivity index (χ2n) is 15.6. The van der Waals surface area contributed by atoms with Gasteiger partial charge in [0.05, 0.1) is 34.4 Å². The Kier molecular flexibility index (Phi) is 39.9. The fourth-order valence-corrected chi connectivity index (χ4v) is 6.11. The third kappa shape index (κ3) is 46.1. The van der Waals surface area contributed by atoms with Crippen molar-refractivity contribution in [2.24, 2.45) is 0 Å². The molecule has 8 nitrogen and oxygen atoms in total. The van der Waals surface area contributed by atoms with Crippen LogP contribution in [-0.2, 0) is 27.9 Å². The van der Waals surface area contributed by atoms with E-state index in [1.807, 2.05) is 21.1 Å². The molecular formula is C50H84NO7P. The van der Waals surface area contributed by atoms with E-state index in [4.69, 9.17) is 18.5 Å².